The minimum absolute atomic E-state index is 0.0370. The normalized spacial score (nSPS) is 12.0. The minimum atomic E-state index is -2.03. The van der Waals surface area contributed by atoms with Crippen LogP contribution in [0.4, 0.5) is 0 Å². The SMILES string of the molecule is C=C(O[Si](C)(C)C(C)(C)C)c1c(O)cc(OC)cc1OC. The van der Waals surface area contributed by atoms with Gasteiger partial charge in [0.2, 0.25) is 8.32 Å². The standard InChI is InChI=1S/C16H26O4Si/c1-11(20-21(7,8)16(2,3)4)15-13(17)9-12(18-5)10-14(15)19-6/h9-10,17H,1H2,2-8H3. The zero-order chi connectivity index (χ0) is 16.4. The van der Waals surface area contributed by atoms with E-state index >= 15 is 0 Å². The summed E-state index contributed by atoms with van der Waals surface area (Å²) >= 11 is 0. The second-order valence-electron chi connectivity index (χ2n) is 6.51. The van der Waals surface area contributed by atoms with Crippen LogP contribution in [0, 0.1) is 0 Å². The van der Waals surface area contributed by atoms with E-state index in [-0.39, 0.29) is 10.8 Å². The Morgan fingerprint density at radius 3 is 2.14 bits per heavy atom. The van der Waals surface area contributed by atoms with Crippen LogP contribution in [0.3, 0.4) is 0 Å². The zero-order valence-electron chi connectivity index (χ0n) is 14.0. The lowest BCUT2D eigenvalue weighted by Gasteiger charge is -2.37. The minimum Gasteiger partial charge on any atom is -0.543 e. The molecule has 0 unspecified atom stereocenters. The summed E-state index contributed by atoms with van der Waals surface area (Å²) < 4.78 is 16.6. The molecule has 0 saturated heterocycles. The predicted molar refractivity (Wildman–Crippen MR) is 88.5 cm³/mol. The number of rotatable bonds is 5. The molecule has 0 bridgehead atoms. The molecule has 0 saturated carbocycles. The third kappa shape index (κ3) is 3.72. The van der Waals surface area contributed by atoms with E-state index in [1.807, 2.05) is 0 Å². The highest BCUT2D eigenvalue weighted by Gasteiger charge is 2.39. The molecule has 1 rings (SSSR count). The first-order valence-corrected chi connectivity index (χ1v) is 9.77. The van der Waals surface area contributed by atoms with Gasteiger partial charge in [-0.3, -0.25) is 0 Å². The van der Waals surface area contributed by atoms with Gasteiger partial charge in [0.05, 0.1) is 19.8 Å². The molecule has 0 aromatic heterocycles. The molecule has 1 aromatic carbocycles. The summed E-state index contributed by atoms with van der Waals surface area (Å²) in [7, 11) is 1.05. The summed E-state index contributed by atoms with van der Waals surface area (Å²) in [6.45, 7) is 14.7. The number of benzene rings is 1. The molecule has 0 amide bonds. The number of hydrogen-bond acceptors (Lipinski definition) is 4. The highest BCUT2D eigenvalue weighted by molar-refractivity contribution is 6.74. The molecule has 0 atom stereocenters. The Balaban J connectivity index is 3.20. The molecular formula is C16H26O4Si. The number of hydrogen-bond donors (Lipinski definition) is 1. The van der Waals surface area contributed by atoms with Crippen molar-refractivity contribution < 1.29 is 19.0 Å². The predicted octanol–water partition coefficient (Wildman–Crippen LogP) is 4.40. The van der Waals surface area contributed by atoms with Crippen LogP contribution in [-0.2, 0) is 4.43 Å². The lowest BCUT2D eigenvalue weighted by atomic mass is 10.1. The van der Waals surface area contributed by atoms with Crippen LogP contribution in [0.5, 0.6) is 17.2 Å². The van der Waals surface area contributed by atoms with Crippen molar-refractivity contribution in [3.05, 3.63) is 24.3 Å². The van der Waals surface area contributed by atoms with E-state index in [0.29, 0.717) is 22.8 Å². The van der Waals surface area contributed by atoms with E-state index in [4.69, 9.17) is 13.9 Å². The van der Waals surface area contributed by atoms with E-state index in [9.17, 15) is 5.11 Å². The van der Waals surface area contributed by atoms with Crippen molar-refractivity contribution in [2.24, 2.45) is 0 Å². The lowest BCUT2D eigenvalue weighted by Crippen LogP contribution is -2.40. The van der Waals surface area contributed by atoms with Gasteiger partial charge in [-0.15, -0.1) is 0 Å². The molecule has 1 N–H and O–H groups in total. The molecule has 0 aliphatic heterocycles. The molecule has 0 radical (unpaired) electrons. The molecule has 0 fully saturated rings. The first-order valence-electron chi connectivity index (χ1n) is 6.86. The van der Waals surface area contributed by atoms with Crippen LogP contribution in [0.2, 0.25) is 18.1 Å². The summed E-state index contributed by atoms with van der Waals surface area (Å²) in [6.07, 6.45) is 0. The third-order valence-corrected chi connectivity index (χ3v) is 8.34. The van der Waals surface area contributed by atoms with Gasteiger partial charge in [-0.05, 0) is 18.1 Å². The highest BCUT2D eigenvalue weighted by atomic mass is 28.4. The van der Waals surface area contributed by atoms with Crippen LogP contribution in [0.25, 0.3) is 5.76 Å². The smallest absolute Gasteiger partial charge is 0.250 e. The van der Waals surface area contributed by atoms with Gasteiger partial charge < -0.3 is 19.0 Å². The fraction of sp³-hybridized carbons (Fsp3) is 0.500. The van der Waals surface area contributed by atoms with Crippen LogP contribution < -0.4 is 9.47 Å². The molecule has 0 aliphatic carbocycles. The second kappa shape index (κ2) is 6.01. The molecule has 21 heavy (non-hydrogen) atoms. The highest BCUT2D eigenvalue weighted by Crippen LogP contribution is 2.43. The molecule has 0 aliphatic rings. The van der Waals surface area contributed by atoms with Crippen LogP contribution in [0.15, 0.2) is 18.7 Å². The van der Waals surface area contributed by atoms with E-state index in [2.05, 4.69) is 40.4 Å². The summed E-state index contributed by atoms with van der Waals surface area (Å²) in [5.41, 5.74) is 0.475. The monoisotopic (exact) mass is 310 g/mol. The van der Waals surface area contributed by atoms with Crippen molar-refractivity contribution in [3.63, 3.8) is 0 Å². The van der Waals surface area contributed by atoms with Crippen LogP contribution in [0.1, 0.15) is 26.3 Å². The molecule has 118 valence electrons. The second-order valence-corrected chi connectivity index (χ2v) is 11.2. The van der Waals surface area contributed by atoms with Crippen molar-refractivity contribution in [2.75, 3.05) is 14.2 Å². The molecular weight excluding hydrogens is 284 g/mol. The average Bonchev–Trinajstić information content (AvgIpc) is 2.35. The van der Waals surface area contributed by atoms with E-state index in [1.165, 1.54) is 20.3 Å². The third-order valence-electron chi connectivity index (χ3n) is 3.97. The molecule has 0 spiro atoms. The number of aromatic hydroxyl groups is 1. The van der Waals surface area contributed by atoms with Gasteiger partial charge in [0.25, 0.3) is 0 Å². The number of phenolic OH excluding ortho intramolecular Hbond substituents is 1. The van der Waals surface area contributed by atoms with Crippen molar-refractivity contribution in [2.45, 2.75) is 38.9 Å². The van der Waals surface area contributed by atoms with Gasteiger partial charge in [0.15, 0.2) is 0 Å². The number of methoxy groups -OCH3 is 2. The van der Waals surface area contributed by atoms with Crippen LogP contribution in [-0.4, -0.2) is 27.6 Å². The Labute approximate surface area is 128 Å². The Morgan fingerprint density at radius 1 is 1.14 bits per heavy atom. The Bertz CT molecular complexity index is 530. The first kappa shape index (κ1) is 17.4. The van der Waals surface area contributed by atoms with Gasteiger partial charge >= 0.3 is 0 Å². The fourth-order valence-corrected chi connectivity index (χ4v) is 2.67. The van der Waals surface area contributed by atoms with Gasteiger partial charge in [-0.25, -0.2) is 0 Å². The van der Waals surface area contributed by atoms with Crippen molar-refractivity contribution >= 4 is 14.1 Å². The zero-order valence-corrected chi connectivity index (χ0v) is 15.0. The van der Waals surface area contributed by atoms with Gasteiger partial charge in [0, 0.05) is 12.1 Å². The van der Waals surface area contributed by atoms with Crippen molar-refractivity contribution in [1.29, 1.82) is 0 Å². The molecule has 0 heterocycles. The van der Waals surface area contributed by atoms with Crippen molar-refractivity contribution in [3.8, 4) is 17.2 Å². The number of phenols is 1. The van der Waals surface area contributed by atoms with E-state index in [0.717, 1.165) is 0 Å². The maximum atomic E-state index is 10.2. The van der Waals surface area contributed by atoms with Gasteiger partial charge in [0.1, 0.15) is 23.0 Å². The van der Waals surface area contributed by atoms with E-state index in [1.54, 1.807) is 6.07 Å². The summed E-state index contributed by atoms with van der Waals surface area (Å²) in [5, 5.41) is 10.3. The first-order chi connectivity index (χ1) is 9.53. The maximum absolute atomic E-state index is 10.2. The Hall–Kier alpha value is -1.62. The Kier molecular flexibility index (Phi) is 4.99. The van der Waals surface area contributed by atoms with Gasteiger partial charge in [-0.1, -0.05) is 27.4 Å². The quantitative estimate of drug-likeness (QED) is 0.647. The Morgan fingerprint density at radius 2 is 1.71 bits per heavy atom. The van der Waals surface area contributed by atoms with Crippen LogP contribution >= 0.6 is 0 Å². The molecule has 5 heteroatoms. The average molecular weight is 310 g/mol. The van der Waals surface area contributed by atoms with Gasteiger partial charge in [-0.2, -0.15) is 0 Å². The largest absolute Gasteiger partial charge is 0.543 e. The lowest BCUT2D eigenvalue weighted by molar-refractivity contribution is 0.378. The summed E-state index contributed by atoms with van der Waals surface area (Å²) in [6, 6.07) is 3.23. The molecule has 4 nitrogen and oxygen atoms in total. The summed E-state index contributed by atoms with van der Waals surface area (Å²) in [4.78, 5) is 0. The molecule has 1 aromatic rings. The fourth-order valence-electron chi connectivity index (χ4n) is 1.65. The van der Waals surface area contributed by atoms with E-state index < -0.39 is 8.32 Å². The topological polar surface area (TPSA) is 47.9 Å². The van der Waals surface area contributed by atoms with Crippen molar-refractivity contribution in [1.82, 2.24) is 0 Å². The maximum Gasteiger partial charge on any atom is 0.250 e. The summed E-state index contributed by atoms with van der Waals surface area (Å²) in [5.74, 6) is 1.47. The number of ether oxygens (including phenoxy) is 2.